The van der Waals surface area contributed by atoms with Crippen molar-refractivity contribution in [3.05, 3.63) is 28.7 Å². The SMILES string of the molecule is COc1ccc(/C=C2\SC(=NCC(=O)O)NC2=O)cc1OC. The lowest BCUT2D eigenvalue weighted by Crippen LogP contribution is -2.20. The lowest BCUT2D eigenvalue weighted by Gasteiger charge is -2.07. The molecule has 0 saturated carbocycles. The summed E-state index contributed by atoms with van der Waals surface area (Å²) in [5.41, 5.74) is 0.759. The first kappa shape index (κ1) is 15.9. The number of aliphatic carboxylic acids is 1. The summed E-state index contributed by atoms with van der Waals surface area (Å²) in [5, 5.41) is 11.4. The molecule has 0 unspecified atom stereocenters. The Morgan fingerprint density at radius 2 is 2.09 bits per heavy atom. The maximum absolute atomic E-state index is 11.8. The molecule has 1 fully saturated rings. The number of carbonyl (C=O) groups excluding carboxylic acids is 1. The monoisotopic (exact) mass is 322 g/mol. The molecule has 1 aliphatic heterocycles. The molecule has 0 bridgehead atoms. The third-order valence-electron chi connectivity index (χ3n) is 2.71. The highest BCUT2D eigenvalue weighted by Gasteiger charge is 2.23. The molecule has 1 aromatic carbocycles. The number of benzene rings is 1. The highest BCUT2D eigenvalue weighted by atomic mass is 32.2. The van der Waals surface area contributed by atoms with Gasteiger partial charge in [0.15, 0.2) is 16.7 Å². The molecular formula is C14H14N2O5S. The molecule has 0 aromatic heterocycles. The molecular weight excluding hydrogens is 308 g/mol. The van der Waals surface area contributed by atoms with Gasteiger partial charge in [-0.05, 0) is 35.5 Å². The van der Waals surface area contributed by atoms with Gasteiger partial charge in [-0.25, -0.2) is 0 Å². The Labute approximate surface area is 131 Å². The number of carboxylic acid groups (broad SMARTS) is 1. The molecule has 1 amide bonds. The van der Waals surface area contributed by atoms with E-state index in [1.165, 1.54) is 7.11 Å². The minimum atomic E-state index is -1.06. The van der Waals surface area contributed by atoms with Gasteiger partial charge >= 0.3 is 5.97 Å². The summed E-state index contributed by atoms with van der Waals surface area (Å²) in [6.07, 6.45) is 1.67. The number of amidine groups is 1. The Balaban J connectivity index is 2.21. The first-order valence-corrected chi connectivity index (χ1v) is 7.04. The molecule has 0 radical (unpaired) electrons. The highest BCUT2D eigenvalue weighted by Crippen LogP contribution is 2.31. The van der Waals surface area contributed by atoms with Crippen LogP contribution in [0.4, 0.5) is 0 Å². The standard InChI is InChI=1S/C14H14N2O5S/c1-20-9-4-3-8(5-10(9)21-2)6-11-13(19)16-14(22-11)15-7-12(17)18/h3-6H,7H2,1-2H3,(H,17,18)(H,15,16,19)/b11-6-. The van der Waals surface area contributed by atoms with Crippen LogP contribution in [0.5, 0.6) is 11.5 Å². The highest BCUT2D eigenvalue weighted by molar-refractivity contribution is 8.18. The second kappa shape index (κ2) is 6.99. The van der Waals surface area contributed by atoms with E-state index in [4.69, 9.17) is 14.6 Å². The zero-order chi connectivity index (χ0) is 16.1. The largest absolute Gasteiger partial charge is 0.493 e. The van der Waals surface area contributed by atoms with Crippen molar-refractivity contribution in [1.82, 2.24) is 5.32 Å². The fourth-order valence-corrected chi connectivity index (χ4v) is 2.55. The van der Waals surface area contributed by atoms with Crippen LogP contribution in [0.15, 0.2) is 28.1 Å². The van der Waals surface area contributed by atoms with Crippen LogP contribution >= 0.6 is 11.8 Å². The number of hydrogen-bond donors (Lipinski definition) is 2. The molecule has 2 rings (SSSR count). The van der Waals surface area contributed by atoms with Crippen LogP contribution < -0.4 is 14.8 Å². The Morgan fingerprint density at radius 1 is 1.36 bits per heavy atom. The number of thioether (sulfide) groups is 1. The molecule has 0 atom stereocenters. The van der Waals surface area contributed by atoms with Crippen molar-refractivity contribution in [2.45, 2.75) is 0 Å². The molecule has 1 saturated heterocycles. The van der Waals surface area contributed by atoms with E-state index >= 15 is 0 Å². The van der Waals surface area contributed by atoms with Gasteiger partial charge in [-0.15, -0.1) is 0 Å². The normalized spacial score (nSPS) is 17.6. The third-order valence-corrected chi connectivity index (χ3v) is 3.66. The number of carboxylic acids is 1. The average molecular weight is 322 g/mol. The number of ether oxygens (including phenoxy) is 2. The summed E-state index contributed by atoms with van der Waals surface area (Å²) >= 11 is 1.09. The molecule has 1 aliphatic rings. The minimum absolute atomic E-state index is 0.277. The van der Waals surface area contributed by atoms with Crippen molar-refractivity contribution < 1.29 is 24.2 Å². The lowest BCUT2D eigenvalue weighted by molar-refractivity contribution is -0.135. The van der Waals surface area contributed by atoms with Gasteiger partial charge in [-0.1, -0.05) is 6.07 Å². The first-order valence-electron chi connectivity index (χ1n) is 6.22. The number of rotatable bonds is 5. The zero-order valence-corrected chi connectivity index (χ0v) is 12.8. The fourth-order valence-electron chi connectivity index (χ4n) is 1.73. The summed E-state index contributed by atoms with van der Waals surface area (Å²) in [5.74, 6) is -0.222. The van der Waals surface area contributed by atoms with Gasteiger partial charge in [-0.3, -0.25) is 14.6 Å². The summed E-state index contributed by atoms with van der Waals surface area (Å²) in [6.45, 7) is -0.383. The first-order chi connectivity index (χ1) is 10.5. The van der Waals surface area contributed by atoms with Crippen LogP contribution in [0.25, 0.3) is 6.08 Å². The third kappa shape index (κ3) is 3.79. The number of carbonyl (C=O) groups is 2. The molecule has 7 nitrogen and oxygen atoms in total. The van der Waals surface area contributed by atoms with Crippen molar-refractivity contribution in [2.75, 3.05) is 20.8 Å². The second-order valence-corrected chi connectivity index (χ2v) is 5.22. The van der Waals surface area contributed by atoms with Crippen molar-refractivity contribution in [1.29, 1.82) is 0 Å². The molecule has 116 valence electrons. The van der Waals surface area contributed by atoms with Gasteiger partial charge in [0.25, 0.3) is 5.91 Å². The van der Waals surface area contributed by atoms with Crippen molar-refractivity contribution >= 4 is 34.9 Å². The Morgan fingerprint density at radius 3 is 2.73 bits per heavy atom. The second-order valence-electron chi connectivity index (χ2n) is 4.19. The summed E-state index contributed by atoms with van der Waals surface area (Å²) in [6, 6.07) is 5.27. The van der Waals surface area contributed by atoms with E-state index in [1.807, 2.05) is 0 Å². The Bertz CT molecular complexity index is 669. The molecule has 8 heteroatoms. The van der Waals surface area contributed by atoms with E-state index in [1.54, 1.807) is 31.4 Å². The summed E-state index contributed by atoms with van der Waals surface area (Å²) in [4.78, 5) is 26.5. The number of methoxy groups -OCH3 is 2. The maximum Gasteiger partial charge on any atom is 0.325 e. The minimum Gasteiger partial charge on any atom is -0.493 e. The van der Waals surface area contributed by atoms with E-state index in [0.29, 0.717) is 16.4 Å². The van der Waals surface area contributed by atoms with E-state index in [9.17, 15) is 9.59 Å². The zero-order valence-electron chi connectivity index (χ0n) is 12.0. The van der Waals surface area contributed by atoms with Crippen LogP contribution in [-0.4, -0.2) is 42.9 Å². The van der Waals surface area contributed by atoms with Crippen molar-refractivity contribution in [3.8, 4) is 11.5 Å². The van der Waals surface area contributed by atoms with E-state index < -0.39 is 5.97 Å². The summed E-state index contributed by atoms with van der Waals surface area (Å²) in [7, 11) is 3.07. The number of hydrogen-bond acceptors (Lipinski definition) is 6. The van der Waals surface area contributed by atoms with Gasteiger partial charge in [0, 0.05) is 0 Å². The smallest absolute Gasteiger partial charge is 0.325 e. The van der Waals surface area contributed by atoms with Crippen LogP contribution in [-0.2, 0) is 9.59 Å². The van der Waals surface area contributed by atoms with Crippen molar-refractivity contribution in [3.63, 3.8) is 0 Å². The predicted molar refractivity (Wildman–Crippen MR) is 83.2 cm³/mol. The molecule has 0 aliphatic carbocycles. The topological polar surface area (TPSA) is 97.2 Å². The molecule has 0 spiro atoms. The van der Waals surface area contributed by atoms with Crippen LogP contribution in [0, 0.1) is 0 Å². The van der Waals surface area contributed by atoms with E-state index in [2.05, 4.69) is 10.3 Å². The van der Waals surface area contributed by atoms with Gasteiger partial charge in [-0.2, -0.15) is 0 Å². The quantitative estimate of drug-likeness (QED) is 0.794. The summed E-state index contributed by atoms with van der Waals surface area (Å²) < 4.78 is 10.4. The fraction of sp³-hybridized carbons (Fsp3) is 0.214. The molecule has 1 heterocycles. The molecule has 22 heavy (non-hydrogen) atoms. The van der Waals surface area contributed by atoms with Gasteiger partial charge in [0.1, 0.15) is 6.54 Å². The average Bonchev–Trinajstić information content (AvgIpc) is 2.85. The number of nitrogens with one attached hydrogen (secondary N) is 1. The Kier molecular flexibility index (Phi) is 5.05. The predicted octanol–water partition coefficient (Wildman–Crippen LogP) is 1.35. The number of aliphatic imine (C=N–C) groups is 1. The van der Waals surface area contributed by atoms with Crippen LogP contribution in [0.2, 0.25) is 0 Å². The van der Waals surface area contributed by atoms with Crippen molar-refractivity contribution in [2.24, 2.45) is 4.99 Å². The number of nitrogens with zero attached hydrogens (tertiary/aromatic N) is 1. The Hall–Kier alpha value is -2.48. The lowest BCUT2D eigenvalue weighted by atomic mass is 10.2. The van der Waals surface area contributed by atoms with E-state index in [-0.39, 0.29) is 17.6 Å². The maximum atomic E-state index is 11.8. The molecule has 1 aromatic rings. The molecule has 2 N–H and O–H groups in total. The van der Waals surface area contributed by atoms with Crippen LogP contribution in [0.3, 0.4) is 0 Å². The van der Waals surface area contributed by atoms with Gasteiger partial charge in [0.05, 0.1) is 19.1 Å². The number of amides is 1. The van der Waals surface area contributed by atoms with E-state index in [0.717, 1.165) is 17.3 Å². The van der Waals surface area contributed by atoms with Crippen LogP contribution in [0.1, 0.15) is 5.56 Å². The van der Waals surface area contributed by atoms with Gasteiger partial charge in [0.2, 0.25) is 0 Å². The van der Waals surface area contributed by atoms with Gasteiger partial charge < -0.3 is 19.9 Å².